The molecular weight excluding hydrogens is 433 g/mol. The fraction of sp³-hybridized carbons (Fsp3) is 0.174. The van der Waals surface area contributed by atoms with Gasteiger partial charge in [-0.3, -0.25) is 4.31 Å². The fourth-order valence-corrected chi connectivity index (χ4v) is 6.65. The summed E-state index contributed by atoms with van der Waals surface area (Å²) in [5.41, 5.74) is 2.43. The van der Waals surface area contributed by atoms with Crippen LogP contribution in [-0.2, 0) is 16.4 Å². The Kier molecular flexibility index (Phi) is 4.91. The summed E-state index contributed by atoms with van der Waals surface area (Å²) in [6.07, 6.45) is 2.84. The Morgan fingerprint density at radius 3 is 2.65 bits per heavy atom. The van der Waals surface area contributed by atoms with Crippen molar-refractivity contribution in [3.8, 4) is 16.3 Å². The highest BCUT2D eigenvalue weighted by Gasteiger charge is 2.37. The summed E-state index contributed by atoms with van der Waals surface area (Å²) in [6.45, 7) is 1.89. The van der Waals surface area contributed by atoms with Gasteiger partial charge >= 0.3 is 0 Å². The molecule has 0 aliphatic carbocycles. The van der Waals surface area contributed by atoms with Crippen molar-refractivity contribution in [1.82, 2.24) is 9.78 Å². The monoisotopic (exact) mass is 453 g/mol. The maximum Gasteiger partial charge on any atom is 0.268 e. The van der Waals surface area contributed by atoms with Gasteiger partial charge in [0, 0.05) is 6.04 Å². The van der Waals surface area contributed by atoms with E-state index in [2.05, 4.69) is 5.10 Å². The Bertz CT molecular complexity index is 1330. The Morgan fingerprint density at radius 1 is 1.10 bits per heavy atom. The molecule has 0 fully saturated rings. The van der Waals surface area contributed by atoms with Crippen LogP contribution in [0, 0.1) is 5.82 Å². The van der Waals surface area contributed by atoms with Gasteiger partial charge in [0.15, 0.2) is 0 Å². The van der Waals surface area contributed by atoms with Gasteiger partial charge in [-0.25, -0.2) is 17.5 Å². The third kappa shape index (κ3) is 3.45. The largest absolute Gasteiger partial charge is 0.268 e. The topological polar surface area (TPSA) is 55.2 Å². The van der Waals surface area contributed by atoms with Crippen molar-refractivity contribution in [3.05, 3.63) is 83.6 Å². The molecule has 0 bridgehead atoms. The molecule has 31 heavy (non-hydrogen) atoms. The molecule has 4 aromatic rings. The van der Waals surface area contributed by atoms with Gasteiger partial charge in [0.25, 0.3) is 10.0 Å². The lowest BCUT2D eigenvalue weighted by Crippen LogP contribution is -2.42. The molecule has 1 aliphatic rings. The van der Waals surface area contributed by atoms with Crippen molar-refractivity contribution in [2.75, 3.05) is 4.31 Å². The van der Waals surface area contributed by atoms with E-state index in [1.54, 1.807) is 16.9 Å². The van der Waals surface area contributed by atoms with Crippen LogP contribution < -0.4 is 4.31 Å². The summed E-state index contributed by atoms with van der Waals surface area (Å²) in [5.74, 6) is -0.359. The van der Waals surface area contributed by atoms with Crippen molar-refractivity contribution in [2.45, 2.75) is 30.7 Å². The molecule has 2 aromatic heterocycles. The number of benzene rings is 2. The molecule has 158 valence electrons. The Balaban J connectivity index is 1.70. The second-order valence-electron chi connectivity index (χ2n) is 7.56. The summed E-state index contributed by atoms with van der Waals surface area (Å²) in [4.78, 5) is 0.917. The lowest BCUT2D eigenvalue weighted by Gasteiger charge is -2.35. The second-order valence-corrected chi connectivity index (χ2v) is 10.3. The highest BCUT2D eigenvalue weighted by Crippen LogP contribution is 2.39. The summed E-state index contributed by atoms with van der Waals surface area (Å²) in [7, 11) is -3.95. The summed E-state index contributed by atoms with van der Waals surface area (Å²) in [6, 6.07) is 17.2. The Hall–Kier alpha value is -2.97. The van der Waals surface area contributed by atoms with E-state index in [-0.39, 0.29) is 16.8 Å². The predicted octanol–water partition coefficient (Wildman–Crippen LogP) is 5.27. The lowest BCUT2D eigenvalue weighted by molar-refractivity contribution is 0.560. The second kappa shape index (κ2) is 7.62. The van der Waals surface area contributed by atoms with Gasteiger partial charge in [-0.2, -0.15) is 5.10 Å². The van der Waals surface area contributed by atoms with Crippen LogP contribution in [-0.4, -0.2) is 24.2 Å². The SMILES string of the molecule is CC1CCc2cc(F)ccc2N1S(=O)(=O)c1cn(-c2ccccc2)nc1-c1cccs1. The molecule has 1 unspecified atom stereocenters. The number of anilines is 1. The Morgan fingerprint density at radius 2 is 1.90 bits per heavy atom. The molecule has 1 atom stereocenters. The van der Waals surface area contributed by atoms with Gasteiger partial charge in [-0.1, -0.05) is 24.3 Å². The van der Waals surface area contributed by atoms with Crippen molar-refractivity contribution in [3.63, 3.8) is 0 Å². The van der Waals surface area contributed by atoms with Gasteiger partial charge in [0.1, 0.15) is 16.4 Å². The average Bonchev–Trinajstić information content (AvgIpc) is 3.44. The number of aryl methyl sites for hydroxylation is 1. The zero-order valence-corrected chi connectivity index (χ0v) is 18.4. The normalized spacial score (nSPS) is 16.3. The fourth-order valence-electron chi connectivity index (χ4n) is 4.00. The molecule has 0 saturated heterocycles. The van der Waals surface area contributed by atoms with Crippen molar-refractivity contribution >= 4 is 27.0 Å². The molecule has 0 spiro atoms. The van der Waals surface area contributed by atoms with Crippen molar-refractivity contribution in [2.24, 2.45) is 0 Å². The van der Waals surface area contributed by atoms with E-state index >= 15 is 0 Å². The van der Waals surface area contributed by atoms with Crippen LogP contribution in [0.25, 0.3) is 16.3 Å². The molecule has 5 rings (SSSR count). The van der Waals surface area contributed by atoms with E-state index < -0.39 is 10.0 Å². The van der Waals surface area contributed by atoms with E-state index in [1.165, 1.54) is 27.8 Å². The van der Waals surface area contributed by atoms with E-state index in [1.807, 2.05) is 54.8 Å². The van der Waals surface area contributed by atoms with Gasteiger partial charge < -0.3 is 0 Å². The van der Waals surface area contributed by atoms with Crippen LogP contribution in [0.5, 0.6) is 0 Å². The molecule has 3 heterocycles. The molecule has 1 aliphatic heterocycles. The average molecular weight is 454 g/mol. The van der Waals surface area contributed by atoms with Crippen molar-refractivity contribution < 1.29 is 12.8 Å². The summed E-state index contributed by atoms with van der Waals surface area (Å²) in [5, 5.41) is 6.54. The maximum atomic E-state index is 14.0. The first-order valence-electron chi connectivity index (χ1n) is 9.97. The first-order valence-corrected chi connectivity index (χ1v) is 12.3. The molecule has 0 N–H and O–H groups in total. The number of nitrogens with zero attached hydrogens (tertiary/aromatic N) is 3. The first kappa shape index (κ1) is 20.0. The number of fused-ring (bicyclic) bond motifs is 1. The third-order valence-corrected chi connectivity index (χ3v) is 8.31. The van der Waals surface area contributed by atoms with E-state index in [0.29, 0.717) is 29.8 Å². The standard InChI is InChI=1S/C23H20FN3O2S2/c1-16-9-10-17-14-18(24)11-12-20(17)27(16)31(28,29)22-15-26(19-6-3-2-4-7-19)25-23(22)21-8-5-13-30-21/h2-8,11-16H,9-10H2,1H3. The van der Waals surface area contributed by atoms with Crippen LogP contribution in [0.1, 0.15) is 18.9 Å². The van der Waals surface area contributed by atoms with Gasteiger partial charge in [0.2, 0.25) is 0 Å². The quantitative estimate of drug-likeness (QED) is 0.423. The zero-order chi connectivity index (χ0) is 21.6. The maximum absolute atomic E-state index is 14.0. The number of para-hydroxylation sites is 1. The molecule has 8 heteroatoms. The van der Waals surface area contributed by atoms with Crippen LogP contribution in [0.4, 0.5) is 10.1 Å². The minimum atomic E-state index is -3.95. The number of hydrogen-bond acceptors (Lipinski definition) is 4. The van der Waals surface area contributed by atoms with E-state index in [0.717, 1.165) is 10.6 Å². The van der Waals surface area contributed by atoms with Gasteiger partial charge in [0.05, 0.1) is 22.4 Å². The highest BCUT2D eigenvalue weighted by atomic mass is 32.2. The van der Waals surface area contributed by atoms with Crippen LogP contribution in [0.2, 0.25) is 0 Å². The molecule has 0 radical (unpaired) electrons. The van der Waals surface area contributed by atoms with Crippen molar-refractivity contribution in [1.29, 1.82) is 0 Å². The minimum Gasteiger partial charge on any atom is -0.263 e. The lowest BCUT2D eigenvalue weighted by atomic mass is 9.99. The van der Waals surface area contributed by atoms with E-state index in [4.69, 9.17) is 0 Å². The van der Waals surface area contributed by atoms with Crippen LogP contribution in [0.15, 0.2) is 77.1 Å². The summed E-state index contributed by atoms with van der Waals surface area (Å²) < 4.78 is 44.8. The van der Waals surface area contributed by atoms with E-state index in [9.17, 15) is 12.8 Å². The molecular formula is C23H20FN3O2S2. The van der Waals surface area contributed by atoms with Gasteiger partial charge in [-0.05, 0) is 67.1 Å². The number of hydrogen-bond donors (Lipinski definition) is 0. The number of rotatable bonds is 4. The smallest absolute Gasteiger partial charge is 0.263 e. The van der Waals surface area contributed by atoms with Crippen LogP contribution in [0.3, 0.4) is 0 Å². The highest BCUT2D eigenvalue weighted by molar-refractivity contribution is 7.93. The first-order chi connectivity index (χ1) is 14.9. The minimum absolute atomic E-state index is 0.142. The summed E-state index contributed by atoms with van der Waals surface area (Å²) >= 11 is 1.44. The number of thiophene rings is 1. The number of sulfonamides is 1. The van der Waals surface area contributed by atoms with Crippen LogP contribution >= 0.6 is 11.3 Å². The third-order valence-electron chi connectivity index (χ3n) is 5.50. The molecule has 0 amide bonds. The Labute approximate surface area is 184 Å². The zero-order valence-electron chi connectivity index (χ0n) is 16.8. The molecule has 0 saturated carbocycles. The molecule has 5 nitrogen and oxygen atoms in total. The number of aromatic nitrogens is 2. The molecule has 2 aromatic carbocycles. The number of halogens is 1. The van der Waals surface area contributed by atoms with Gasteiger partial charge in [-0.15, -0.1) is 11.3 Å². The predicted molar refractivity (Wildman–Crippen MR) is 121 cm³/mol.